The molecule has 0 spiro atoms. The van der Waals surface area contributed by atoms with Crippen molar-refractivity contribution >= 4 is 0 Å². The number of nitrogens with zero attached hydrogens (tertiary/aromatic N) is 1. The lowest BCUT2D eigenvalue weighted by Gasteiger charge is -2.36. The predicted octanol–water partition coefficient (Wildman–Crippen LogP) is 2.89. The van der Waals surface area contributed by atoms with Crippen LogP contribution in [0.4, 0.5) is 0 Å². The van der Waals surface area contributed by atoms with Gasteiger partial charge >= 0.3 is 0 Å². The molecular weight excluding hydrogens is 210 g/mol. The standard InChI is InChI=1S/C15H23NO/c1-12(2)15-11-16(8-9-17-3)10-13-6-4-5-7-14(13)15/h4-7,12,15H,8-11H2,1-3H3. The number of benzene rings is 1. The normalized spacial score (nSPS) is 20.6. The quantitative estimate of drug-likeness (QED) is 0.793. The van der Waals surface area contributed by atoms with E-state index in [0.29, 0.717) is 11.8 Å². The van der Waals surface area contributed by atoms with E-state index in [1.807, 2.05) is 0 Å². The van der Waals surface area contributed by atoms with Crippen molar-refractivity contribution in [3.63, 3.8) is 0 Å². The van der Waals surface area contributed by atoms with Crippen LogP contribution in [0.15, 0.2) is 24.3 Å². The first-order valence-corrected chi connectivity index (χ1v) is 6.51. The molecule has 1 heterocycles. The van der Waals surface area contributed by atoms with Gasteiger partial charge in [-0.3, -0.25) is 4.90 Å². The minimum absolute atomic E-state index is 0.664. The molecule has 17 heavy (non-hydrogen) atoms. The van der Waals surface area contributed by atoms with E-state index in [2.05, 4.69) is 43.0 Å². The molecule has 2 nitrogen and oxygen atoms in total. The van der Waals surface area contributed by atoms with E-state index in [4.69, 9.17) is 4.74 Å². The van der Waals surface area contributed by atoms with Crippen LogP contribution in [-0.2, 0) is 11.3 Å². The number of fused-ring (bicyclic) bond motifs is 1. The van der Waals surface area contributed by atoms with Gasteiger partial charge in [0.05, 0.1) is 6.61 Å². The summed E-state index contributed by atoms with van der Waals surface area (Å²) in [7, 11) is 1.78. The molecule has 94 valence electrons. The van der Waals surface area contributed by atoms with E-state index >= 15 is 0 Å². The second-order valence-corrected chi connectivity index (χ2v) is 5.28. The lowest BCUT2D eigenvalue weighted by atomic mass is 9.82. The van der Waals surface area contributed by atoms with Gasteiger partial charge in [0.1, 0.15) is 0 Å². The van der Waals surface area contributed by atoms with Crippen molar-refractivity contribution < 1.29 is 4.74 Å². The molecule has 1 atom stereocenters. The van der Waals surface area contributed by atoms with Gasteiger partial charge in [-0.15, -0.1) is 0 Å². The molecule has 1 unspecified atom stereocenters. The summed E-state index contributed by atoms with van der Waals surface area (Å²) in [5.41, 5.74) is 3.05. The molecule has 2 heteroatoms. The summed E-state index contributed by atoms with van der Waals surface area (Å²) in [5, 5.41) is 0. The van der Waals surface area contributed by atoms with E-state index in [1.165, 1.54) is 5.56 Å². The maximum Gasteiger partial charge on any atom is 0.0589 e. The van der Waals surface area contributed by atoms with E-state index < -0.39 is 0 Å². The van der Waals surface area contributed by atoms with E-state index in [1.54, 1.807) is 12.7 Å². The average molecular weight is 233 g/mol. The zero-order chi connectivity index (χ0) is 12.3. The second-order valence-electron chi connectivity index (χ2n) is 5.28. The average Bonchev–Trinajstić information content (AvgIpc) is 2.35. The zero-order valence-corrected chi connectivity index (χ0v) is 11.1. The largest absolute Gasteiger partial charge is 0.383 e. The monoisotopic (exact) mass is 233 g/mol. The number of rotatable bonds is 4. The minimum Gasteiger partial charge on any atom is -0.383 e. The molecule has 1 aliphatic rings. The first kappa shape index (κ1) is 12.6. The number of ether oxygens (including phenoxy) is 1. The summed E-state index contributed by atoms with van der Waals surface area (Å²) in [6, 6.07) is 8.88. The minimum atomic E-state index is 0.664. The van der Waals surface area contributed by atoms with Gasteiger partial charge in [-0.05, 0) is 23.0 Å². The van der Waals surface area contributed by atoms with Crippen LogP contribution in [0.3, 0.4) is 0 Å². The summed E-state index contributed by atoms with van der Waals surface area (Å²) >= 11 is 0. The Morgan fingerprint density at radius 3 is 2.82 bits per heavy atom. The Balaban J connectivity index is 2.17. The maximum atomic E-state index is 5.19. The SMILES string of the molecule is COCCN1Cc2ccccc2C(C(C)C)C1. The zero-order valence-electron chi connectivity index (χ0n) is 11.1. The fraction of sp³-hybridized carbons (Fsp3) is 0.600. The fourth-order valence-electron chi connectivity index (χ4n) is 2.68. The van der Waals surface area contributed by atoms with Crippen molar-refractivity contribution in [3.8, 4) is 0 Å². The van der Waals surface area contributed by atoms with Gasteiger partial charge in [-0.1, -0.05) is 38.1 Å². The number of hydrogen-bond donors (Lipinski definition) is 0. The molecule has 0 radical (unpaired) electrons. The van der Waals surface area contributed by atoms with Crippen LogP contribution in [0.2, 0.25) is 0 Å². The maximum absolute atomic E-state index is 5.19. The Kier molecular flexibility index (Phi) is 4.19. The van der Waals surface area contributed by atoms with Gasteiger partial charge in [-0.25, -0.2) is 0 Å². The summed E-state index contributed by atoms with van der Waals surface area (Å²) in [6.45, 7) is 8.74. The second kappa shape index (κ2) is 5.65. The van der Waals surface area contributed by atoms with Crippen molar-refractivity contribution in [2.75, 3.05) is 26.8 Å². The lowest BCUT2D eigenvalue weighted by Crippen LogP contribution is -2.37. The molecule has 0 saturated carbocycles. The van der Waals surface area contributed by atoms with Gasteiger partial charge in [0.25, 0.3) is 0 Å². The van der Waals surface area contributed by atoms with Gasteiger partial charge in [0.2, 0.25) is 0 Å². The van der Waals surface area contributed by atoms with E-state index in [-0.39, 0.29) is 0 Å². The molecule has 0 fully saturated rings. The van der Waals surface area contributed by atoms with E-state index in [9.17, 15) is 0 Å². The highest BCUT2D eigenvalue weighted by atomic mass is 16.5. The highest BCUT2D eigenvalue weighted by molar-refractivity contribution is 5.33. The molecule has 0 bridgehead atoms. The van der Waals surface area contributed by atoms with Crippen LogP contribution in [-0.4, -0.2) is 31.7 Å². The van der Waals surface area contributed by atoms with Crippen LogP contribution >= 0.6 is 0 Å². The third kappa shape index (κ3) is 2.88. The molecule has 0 aromatic heterocycles. The topological polar surface area (TPSA) is 12.5 Å². The third-order valence-corrected chi connectivity index (χ3v) is 3.72. The van der Waals surface area contributed by atoms with Gasteiger partial charge in [0.15, 0.2) is 0 Å². The molecule has 1 aliphatic heterocycles. The molecule has 0 saturated heterocycles. The Bertz CT molecular complexity index is 362. The van der Waals surface area contributed by atoms with Crippen LogP contribution in [0.25, 0.3) is 0 Å². The predicted molar refractivity (Wildman–Crippen MR) is 71.2 cm³/mol. The molecule has 0 N–H and O–H groups in total. The van der Waals surface area contributed by atoms with E-state index in [0.717, 1.165) is 26.2 Å². The van der Waals surface area contributed by atoms with Gasteiger partial charge in [0, 0.05) is 26.7 Å². The Morgan fingerprint density at radius 2 is 2.12 bits per heavy atom. The van der Waals surface area contributed by atoms with Crippen LogP contribution in [0.1, 0.15) is 30.9 Å². The van der Waals surface area contributed by atoms with Crippen LogP contribution in [0.5, 0.6) is 0 Å². The van der Waals surface area contributed by atoms with Crippen molar-refractivity contribution in [3.05, 3.63) is 35.4 Å². The van der Waals surface area contributed by atoms with Crippen LogP contribution < -0.4 is 0 Å². The Hall–Kier alpha value is -0.860. The molecule has 2 rings (SSSR count). The van der Waals surface area contributed by atoms with Crippen molar-refractivity contribution in [1.29, 1.82) is 0 Å². The highest BCUT2D eigenvalue weighted by Crippen LogP contribution is 2.33. The fourth-order valence-corrected chi connectivity index (χ4v) is 2.68. The van der Waals surface area contributed by atoms with Gasteiger partial charge in [-0.2, -0.15) is 0 Å². The Morgan fingerprint density at radius 1 is 1.35 bits per heavy atom. The summed E-state index contributed by atoms with van der Waals surface area (Å²) < 4.78 is 5.19. The first-order valence-electron chi connectivity index (χ1n) is 6.51. The number of methoxy groups -OCH3 is 1. The summed E-state index contributed by atoms with van der Waals surface area (Å²) in [5.74, 6) is 1.36. The Labute approximate surface area is 105 Å². The molecule has 1 aromatic carbocycles. The lowest BCUT2D eigenvalue weighted by molar-refractivity contribution is 0.128. The van der Waals surface area contributed by atoms with Crippen molar-refractivity contribution in [2.24, 2.45) is 5.92 Å². The third-order valence-electron chi connectivity index (χ3n) is 3.72. The molecule has 0 amide bonds. The van der Waals surface area contributed by atoms with Crippen molar-refractivity contribution in [2.45, 2.75) is 26.3 Å². The van der Waals surface area contributed by atoms with Crippen LogP contribution in [0, 0.1) is 5.92 Å². The molecule has 1 aromatic rings. The van der Waals surface area contributed by atoms with Crippen molar-refractivity contribution in [1.82, 2.24) is 4.90 Å². The first-order chi connectivity index (χ1) is 8.22. The molecular formula is C15H23NO. The number of hydrogen-bond acceptors (Lipinski definition) is 2. The summed E-state index contributed by atoms with van der Waals surface area (Å²) in [4.78, 5) is 2.51. The molecule has 0 aliphatic carbocycles. The summed E-state index contributed by atoms with van der Waals surface area (Å²) in [6.07, 6.45) is 0. The van der Waals surface area contributed by atoms with Gasteiger partial charge < -0.3 is 4.74 Å². The smallest absolute Gasteiger partial charge is 0.0589 e. The highest BCUT2D eigenvalue weighted by Gasteiger charge is 2.26.